The van der Waals surface area contributed by atoms with E-state index >= 15 is 0 Å². The number of ether oxygens (including phenoxy) is 2. The molecule has 1 fully saturated rings. The third-order valence-electron chi connectivity index (χ3n) is 2.02. The van der Waals surface area contributed by atoms with E-state index < -0.39 is 0 Å². The molecule has 0 aromatic rings. The first-order valence-corrected chi connectivity index (χ1v) is 4.67. The molecule has 1 rings (SSSR count). The summed E-state index contributed by atoms with van der Waals surface area (Å²) in [5.41, 5.74) is 0. The Morgan fingerprint density at radius 3 is 3.00 bits per heavy atom. The van der Waals surface area contributed by atoms with Gasteiger partial charge in [0, 0.05) is 19.1 Å². The Morgan fingerprint density at radius 2 is 2.42 bits per heavy atom. The Hall–Kier alpha value is -0.120. The molecule has 1 N–H and O–H groups in total. The largest absolute Gasteiger partial charge is 0.396 e. The average Bonchev–Trinajstić information content (AvgIpc) is 2.16. The molecule has 1 unspecified atom stereocenters. The van der Waals surface area contributed by atoms with Crippen LogP contribution in [0.1, 0.15) is 26.2 Å². The van der Waals surface area contributed by atoms with E-state index in [1.807, 2.05) is 6.92 Å². The molecule has 0 saturated carbocycles. The summed E-state index contributed by atoms with van der Waals surface area (Å²) in [4.78, 5) is 0. The second-order valence-corrected chi connectivity index (χ2v) is 3.42. The molecule has 0 aromatic carbocycles. The van der Waals surface area contributed by atoms with E-state index in [9.17, 15) is 0 Å². The minimum atomic E-state index is -0.0206. The van der Waals surface area contributed by atoms with Crippen molar-refractivity contribution in [2.75, 3.05) is 19.8 Å². The van der Waals surface area contributed by atoms with Crippen molar-refractivity contribution in [1.29, 1.82) is 0 Å². The van der Waals surface area contributed by atoms with Gasteiger partial charge in [0.05, 0.1) is 6.61 Å². The topological polar surface area (TPSA) is 38.7 Å². The smallest absolute Gasteiger partial charge is 0.157 e. The molecule has 0 bridgehead atoms. The number of hydrogen-bond acceptors (Lipinski definition) is 3. The molecule has 3 heteroatoms. The minimum absolute atomic E-state index is 0.0206. The van der Waals surface area contributed by atoms with Crippen LogP contribution in [0.4, 0.5) is 0 Å². The van der Waals surface area contributed by atoms with Gasteiger partial charge in [0.15, 0.2) is 6.29 Å². The zero-order valence-corrected chi connectivity index (χ0v) is 7.66. The van der Waals surface area contributed by atoms with Crippen molar-refractivity contribution in [3.8, 4) is 0 Å². The zero-order valence-electron chi connectivity index (χ0n) is 7.66. The molecule has 72 valence electrons. The van der Waals surface area contributed by atoms with E-state index in [0.717, 1.165) is 19.4 Å². The van der Waals surface area contributed by atoms with Crippen LogP contribution >= 0.6 is 0 Å². The first kappa shape index (κ1) is 9.96. The monoisotopic (exact) mass is 174 g/mol. The summed E-state index contributed by atoms with van der Waals surface area (Å²) < 4.78 is 10.8. The van der Waals surface area contributed by atoms with Crippen LogP contribution in [0.2, 0.25) is 0 Å². The van der Waals surface area contributed by atoms with E-state index in [4.69, 9.17) is 14.6 Å². The van der Waals surface area contributed by atoms with Gasteiger partial charge in [-0.25, -0.2) is 0 Å². The maximum atomic E-state index is 8.74. The van der Waals surface area contributed by atoms with E-state index in [-0.39, 0.29) is 18.8 Å². The van der Waals surface area contributed by atoms with Gasteiger partial charge in [-0.2, -0.15) is 0 Å². The minimum Gasteiger partial charge on any atom is -0.396 e. The number of rotatable bonds is 4. The molecule has 2 atom stereocenters. The third-order valence-corrected chi connectivity index (χ3v) is 2.02. The first-order chi connectivity index (χ1) is 5.83. The van der Waals surface area contributed by atoms with Crippen molar-refractivity contribution in [1.82, 2.24) is 0 Å². The summed E-state index contributed by atoms with van der Waals surface area (Å²) in [6, 6.07) is 0. The molecule has 3 nitrogen and oxygen atoms in total. The highest BCUT2D eigenvalue weighted by molar-refractivity contribution is 4.55. The highest BCUT2D eigenvalue weighted by Gasteiger charge is 2.14. The Morgan fingerprint density at radius 1 is 1.58 bits per heavy atom. The Labute approximate surface area is 73.7 Å². The van der Waals surface area contributed by atoms with Crippen LogP contribution in [0.3, 0.4) is 0 Å². The number of hydrogen-bond donors (Lipinski definition) is 1. The molecule has 1 aliphatic rings. The summed E-state index contributed by atoms with van der Waals surface area (Å²) in [7, 11) is 0. The molecular weight excluding hydrogens is 156 g/mol. The molecule has 0 radical (unpaired) electrons. The van der Waals surface area contributed by atoms with Crippen LogP contribution in [-0.4, -0.2) is 31.2 Å². The lowest BCUT2D eigenvalue weighted by Crippen LogP contribution is -2.25. The van der Waals surface area contributed by atoms with Crippen LogP contribution in [-0.2, 0) is 9.47 Å². The summed E-state index contributed by atoms with van der Waals surface area (Å²) in [6.45, 7) is 3.56. The SMILES string of the molecule is CC(CO)CO[C@H]1CCCCO1. The molecule has 0 aliphatic carbocycles. The van der Waals surface area contributed by atoms with Gasteiger partial charge in [-0.15, -0.1) is 0 Å². The molecule has 12 heavy (non-hydrogen) atoms. The summed E-state index contributed by atoms with van der Waals surface area (Å²) in [5.74, 6) is 0.218. The Kier molecular flexibility index (Phi) is 4.58. The van der Waals surface area contributed by atoms with Crippen molar-refractivity contribution in [3.63, 3.8) is 0 Å². The first-order valence-electron chi connectivity index (χ1n) is 4.67. The van der Waals surface area contributed by atoms with E-state index in [1.165, 1.54) is 6.42 Å². The standard InChI is InChI=1S/C9H18O3/c1-8(6-10)7-12-9-4-2-3-5-11-9/h8-10H,2-7H2,1H3/t8?,9-/m0/s1. The normalized spacial score (nSPS) is 27.0. The predicted octanol–water partition coefficient (Wildman–Crippen LogP) is 1.16. The van der Waals surface area contributed by atoms with Gasteiger partial charge in [-0.1, -0.05) is 6.92 Å². The molecule has 1 aliphatic heterocycles. The number of aliphatic hydroxyl groups excluding tert-OH is 1. The second kappa shape index (κ2) is 5.51. The highest BCUT2D eigenvalue weighted by Crippen LogP contribution is 2.14. The van der Waals surface area contributed by atoms with Crippen LogP contribution in [0, 0.1) is 5.92 Å². The van der Waals surface area contributed by atoms with Crippen LogP contribution in [0.5, 0.6) is 0 Å². The maximum absolute atomic E-state index is 8.74. The lowest BCUT2D eigenvalue weighted by molar-refractivity contribution is -0.169. The van der Waals surface area contributed by atoms with Gasteiger partial charge < -0.3 is 14.6 Å². The highest BCUT2D eigenvalue weighted by atomic mass is 16.7. The third kappa shape index (κ3) is 3.52. The fourth-order valence-corrected chi connectivity index (χ4v) is 1.17. The Balaban J connectivity index is 2.05. The molecule has 0 spiro atoms. The summed E-state index contributed by atoms with van der Waals surface area (Å²) >= 11 is 0. The van der Waals surface area contributed by atoms with Crippen molar-refractivity contribution in [2.45, 2.75) is 32.5 Å². The fourth-order valence-electron chi connectivity index (χ4n) is 1.17. The van der Waals surface area contributed by atoms with Gasteiger partial charge in [0.25, 0.3) is 0 Å². The van der Waals surface area contributed by atoms with E-state index in [0.29, 0.717) is 6.61 Å². The van der Waals surface area contributed by atoms with Gasteiger partial charge in [-0.3, -0.25) is 0 Å². The van der Waals surface area contributed by atoms with Crippen molar-refractivity contribution >= 4 is 0 Å². The molecule has 1 saturated heterocycles. The Bertz CT molecular complexity index is 110. The van der Waals surface area contributed by atoms with Crippen LogP contribution in [0.25, 0.3) is 0 Å². The average molecular weight is 174 g/mol. The predicted molar refractivity (Wildman–Crippen MR) is 45.8 cm³/mol. The maximum Gasteiger partial charge on any atom is 0.157 e. The lowest BCUT2D eigenvalue weighted by atomic mass is 10.2. The molecule has 1 heterocycles. The molecule has 0 amide bonds. The van der Waals surface area contributed by atoms with E-state index in [1.54, 1.807) is 0 Å². The van der Waals surface area contributed by atoms with Gasteiger partial charge in [0.2, 0.25) is 0 Å². The molecule has 0 aromatic heterocycles. The summed E-state index contributed by atoms with van der Waals surface area (Å²) in [5, 5.41) is 8.74. The van der Waals surface area contributed by atoms with Crippen LogP contribution < -0.4 is 0 Å². The fraction of sp³-hybridized carbons (Fsp3) is 1.00. The van der Waals surface area contributed by atoms with Gasteiger partial charge in [-0.05, 0) is 19.3 Å². The van der Waals surface area contributed by atoms with E-state index in [2.05, 4.69) is 0 Å². The number of aliphatic hydroxyl groups is 1. The van der Waals surface area contributed by atoms with Crippen molar-refractivity contribution < 1.29 is 14.6 Å². The van der Waals surface area contributed by atoms with Gasteiger partial charge >= 0.3 is 0 Å². The van der Waals surface area contributed by atoms with Crippen molar-refractivity contribution in [2.24, 2.45) is 5.92 Å². The quantitative estimate of drug-likeness (QED) is 0.695. The molecular formula is C9H18O3. The lowest BCUT2D eigenvalue weighted by Gasteiger charge is -2.23. The van der Waals surface area contributed by atoms with Gasteiger partial charge in [0.1, 0.15) is 0 Å². The second-order valence-electron chi connectivity index (χ2n) is 3.42. The van der Waals surface area contributed by atoms with Crippen LogP contribution in [0.15, 0.2) is 0 Å². The summed E-state index contributed by atoms with van der Waals surface area (Å²) in [6.07, 6.45) is 3.32. The zero-order chi connectivity index (χ0) is 8.81. The van der Waals surface area contributed by atoms with Crippen molar-refractivity contribution in [3.05, 3.63) is 0 Å².